The Balaban J connectivity index is 1.69. The van der Waals surface area contributed by atoms with E-state index in [9.17, 15) is 14.4 Å². The predicted molar refractivity (Wildman–Crippen MR) is 106 cm³/mol. The molecular weight excluding hydrogens is 430 g/mol. The Labute approximate surface area is 169 Å². The number of ether oxygens (including phenoxy) is 2. The maximum atomic E-state index is 12.2. The molecule has 8 nitrogen and oxygen atoms in total. The van der Waals surface area contributed by atoms with Crippen molar-refractivity contribution in [3.05, 3.63) is 52.5 Å². The second kappa shape index (κ2) is 8.66. The number of methoxy groups -OCH3 is 1. The van der Waals surface area contributed by atoms with E-state index in [2.05, 4.69) is 31.6 Å². The molecule has 0 aromatic heterocycles. The standard InChI is InChI=1S/C19H16BrN3O5/c1-27-16-5-3-2-4-13(16)21-17(24)10-28-15-7-6-12(20)8-11(15)9-14-18(25)23-19(26)22-14/h2-8H,9-10H2,1H3,(H,21,24)(H,23,25,26). The maximum absolute atomic E-state index is 12.2. The van der Waals surface area contributed by atoms with Crippen LogP contribution in [-0.2, 0) is 16.0 Å². The number of hydrogen-bond donors (Lipinski definition) is 2. The molecule has 1 heterocycles. The van der Waals surface area contributed by atoms with Gasteiger partial charge in [-0.25, -0.2) is 4.79 Å². The van der Waals surface area contributed by atoms with Gasteiger partial charge in [-0.15, -0.1) is 0 Å². The van der Waals surface area contributed by atoms with Gasteiger partial charge >= 0.3 is 6.03 Å². The minimum atomic E-state index is -0.686. The molecule has 0 bridgehead atoms. The molecule has 0 saturated heterocycles. The summed E-state index contributed by atoms with van der Waals surface area (Å²) in [5, 5.41) is 4.82. The number of rotatable bonds is 7. The van der Waals surface area contributed by atoms with Crippen LogP contribution in [0.1, 0.15) is 5.56 Å². The molecule has 1 aliphatic rings. The summed E-state index contributed by atoms with van der Waals surface area (Å²) in [5.41, 5.74) is 1.24. The van der Waals surface area contributed by atoms with Crippen molar-refractivity contribution in [2.45, 2.75) is 6.42 Å². The van der Waals surface area contributed by atoms with Gasteiger partial charge in [0, 0.05) is 16.5 Å². The number of aliphatic imine (C=N–C) groups is 1. The molecule has 144 valence electrons. The first-order valence-electron chi connectivity index (χ1n) is 8.23. The lowest BCUT2D eigenvalue weighted by Gasteiger charge is -2.13. The maximum Gasteiger partial charge on any atom is 0.348 e. The van der Waals surface area contributed by atoms with Crippen molar-refractivity contribution in [2.75, 3.05) is 19.0 Å². The van der Waals surface area contributed by atoms with Crippen LogP contribution in [0.15, 0.2) is 51.9 Å². The molecule has 2 N–H and O–H groups in total. The zero-order valence-corrected chi connectivity index (χ0v) is 16.4. The molecule has 0 atom stereocenters. The molecular formula is C19H16BrN3O5. The van der Waals surface area contributed by atoms with Crippen LogP contribution in [0, 0.1) is 0 Å². The molecule has 0 unspecified atom stereocenters. The number of carbonyl (C=O) groups excluding carboxylic acids is 3. The molecule has 0 spiro atoms. The van der Waals surface area contributed by atoms with Gasteiger partial charge in [0.05, 0.1) is 12.8 Å². The third-order valence-corrected chi connectivity index (χ3v) is 4.33. The Morgan fingerprint density at radius 3 is 2.68 bits per heavy atom. The van der Waals surface area contributed by atoms with Gasteiger partial charge in [-0.2, -0.15) is 4.99 Å². The van der Waals surface area contributed by atoms with Crippen LogP contribution in [0.4, 0.5) is 10.5 Å². The molecule has 2 aromatic rings. The normalized spacial score (nSPS) is 13.0. The van der Waals surface area contributed by atoms with Crippen LogP contribution in [0.5, 0.6) is 11.5 Å². The van der Waals surface area contributed by atoms with Crippen molar-refractivity contribution in [3.63, 3.8) is 0 Å². The first kappa shape index (κ1) is 19.6. The van der Waals surface area contributed by atoms with Crippen molar-refractivity contribution in [1.29, 1.82) is 0 Å². The van der Waals surface area contributed by atoms with E-state index in [1.807, 2.05) is 0 Å². The average Bonchev–Trinajstić information content (AvgIpc) is 2.98. The second-order valence-corrected chi connectivity index (χ2v) is 6.70. The average molecular weight is 446 g/mol. The lowest BCUT2D eigenvalue weighted by Crippen LogP contribution is -2.26. The highest BCUT2D eigenvalue weighted by atomic mass is 79.9. The summed E-state index contributed by atoms with van der Waals surface area (Å²) in [7, 11) is 1.52. The van der Waals surface area contributed by atoms with Gasteiger partial charge in [-0.05, 0) is 30.3 Å². The van der Waals surface area contributed by atoms with Gasteiger partial charge in [0.2, 0.25) is 0 Å². The molecule has 9 heteroatoms. The number of nitrogens with zero attached hydrogens (tertiary/aromatic N) is 1. The molecule has 2 aromatic carbocycles. The zero-order chi connectivity index (χ0) is 20.1. The molecule has 0 aliphatic carbocycles. The van der Waals surface area contributed by atoms with E-state index < -0.39 is 11.9 Å². The lowest BCUT2D eigenvalue weighted by molar-refractivity contribution is -0.118. The van der Waals surface area contributed by atoms with Crippen molar-refractivity contribution in [3.8, 4) is 11.5 Å². The van der Waals surface area contributed by atoms with Crippen molar-refractivity contribution < 1.29 is 23.9 Å². The summed E-state index contributed by atoms with van der Waals surface area (Å²) in [6, 6.07) is 11.5. The van der Waals surface area contributed by atoms with Crippen LogP contribution < -0.4 is 20.1 Å². The summed E-state index contributed by atoms with van der Waals surface area (Å²) >= 11 is 3.36. The van der Waals surface area contributed by atoms with Crippen molar-refractivity contribution >= 4 is 45.2 Å². The van der Waals surface area contributed by atoms with Gasteiger partial charge in [-0.1, -0.05) is 28.1 Å². The minimum Gasteiger partial charge on any atom is -0.495 e. The first-order valence-corrected chi connectivity index (χ1v) is 9.02. The zero-order valence-electron chi connectivity index (χ0n) is 14.8. The number of anilines is 1. The minimum absolute atomic E-state index is 0.0893. The molecule has 3 rings (SSSR count). The fourth-order valence-electron chi connectivity index (χ4n) is 2.58. The van der Waals surface area contributed by atoms with Gasteiger partial charge in [0.25, 0.3) is 11.8 Å². The predicted octanol–water partition coefficient (Wildman–Crippen LogP) is 2.71. The van der Waals surface area contributed by atoms with Gasteiger partial charge in [-0.3, -0.25) is 14.9 Å². The Bertz CT molecular complexity index is 974. The number of hydrogen-bond acceptors (Lipinski definition) is 5. The monoisotopic (exact) mass is 445 g/mol. The van der Waals surface area contributed by atoms with Crippen LogP contribution in [0.25, 0.3) is 0 Å². The Kier molecular flexibility index (Phi) is 6.05. The second-order valence-electron chi connectivity index (χ2n) is 5.78. The SMILES string of the molecule is COc1ccccc1NC(=O)COc1ccc(Br)cc1CC1=NC(=O)NC1=O. The molecule has 1 aliphatic heterocycles. The summed E-state index contributed by atoms with van der Waals surface area (Å²) in [5.74, 6) is 0.0395. The van der Waals surface area contributed by atoms with Crippen LogP contribution >= 0.6 is 15.9 Å². The third kappa shape index (κ3) is 4.74. The summed E-state index contributed by atoms with van der Waals surface area (Å²) in [4.78, 5) is 38.8. The van der Waals surface area contributed by atoms with E-state index in [1.165, 1.54) is 7.11 Å². The summed E-state index contributed by atoms with van der Waals surface area (Å²) in [6.45, 7) is -0.246. The largest absolute Gasteiger partial charge is 0.495 e. The molecule has 4 amide bonds. The first-order chi connectivity index (χ1) is 13.5. The van der Waals surface area contributed by atoms with Crippen LogP contribution in [-0.4, -0.2) is 37.3 Å². The smallest absolute Gasteiger partial charge is 0.348 e. The highest BCUT2D eigenvalue weighted by molar-refractivity contribution is 9.10. The number of imide groups is 1. The number of nitrogens with one attached hydrogen (secondary N) is 2. The quantitative estimate of drug-likeness (QED) is 0.681. The van der Waals surface area contributed by atoms with Crippen LogP contribution in [0.3, 0.4) is 0 Å². The number of para-hydroxylation sites is 2. The Morgan fingerprint density at radius 2 is 1.96 bits per heavy atom. The highest BCUT2D eigenvalue weighted by Crippen LogP contribution is 2.26. The summed E-state index contributed by atoms with van der Waals surface area (Å²) in [6.07, 6.45) is 0.0977. The highest BCUT2D eigenvalue weighted by Gasteiger charge is 2.24. The van der Waals surface area contributed by atoms with Gasteiger partial charge in [0.1, 0.15) is 17.2 Å². The van der Waals surface area contributed by atoms with E-state index in [0.29, 0.717) is 22.7 Å². The molecule has 0 radical (unpaired) electrons. The van der Waals surface area contributed by atoms with E-state index in [0.717, 1.165) is 4.47 Å². The van der Waals surface area contributed by atoms with E-state index in [-0.39, 0.29) is 24.6 Å². The fraction of sp³-hybridized carbons (Fsp3) is 0.158. The van der Waals surface area contributed by atoms with Crippen molar-refractivity contribution in [1.82, 2.24) is 5.32 Å². The topological polar surface area (TPSA) is 106 Å². The summed E-state index contributed by atoms with van der Waals surface area (Å²) < 4.78 is 11.6. The number of urea groups is 1. The Morgan fingerprint density at radius 1 is 1.18 bits per heavy atom. The third-order valence-electron chi connectivity index (χ3n) is 3.84. The van der Waals surface area contributed by atoms with E-state index in [1.54, 1.807) is 42.5 Å². The molecule has 0 fully saturated rings. The Hall–Kier alpha value is -3.20. The van der Waals surface area contributed by atoms with Gasteiger partial charge < -0.3 is 14.8 Å². The fourth-order valence-corrected chi connectivity index (χ4v) is 2.98. The van der Waals surface area contributed by atoms with Crippen molar-refractivity contribution in [2.24, 2.45) is 4.99 Å². The number of halogens is 1. The van der Waals surface area contributed by atoms with Gasteiger partial charge in [0.15, 0.2) is 6.61 Å². The molecule has 28 heavy (non-hydrogen) atoms. The number of carbonyl (C=O) groups is 3. The van der Waals surface area contributed by atoms with Crippen LogP contribution in [0.2, 0.25) is 0 Å². The lowest BCUT2D eigenvalue weighted by atomic mass is 10.1. The number of benzene rings is 2. The molecule has 0 saturated carbocycles. The van der Waals surface area contributed by atoms with E-state index in [4.69, 9.17) is 9.47 Å². The van der Waals surface area contributed by atoms with E-state index >= 15 is 0 Å². The number of amides is 4.